The summed E-state index contributed by atoms with van der Waals surface area (Å²) in [7, 11) is 0. The molecule has 0 saturated carbocycles. The monoisotopic (exact) mass is 425 g/mol. The highest BCUT2D eigenvalue weighted by Gasteiger charge is 2.33. The van der Waals surface area contributed by atoms with Crippen molar-refractivity contribution < 1.29 is 18.0 Å². The second-order valence-corrected chi connectivity index (χ2v) is 5.63. The molecule has 0 spiro atoms. The van der Waals surface area contributed by atoms with E-state index in [0.29, 0.717) is 13.5 Å². The van der Waals surface area contributed by atoms with Crippen molar-refractivity contribution in [2.45, 2.75) is 6.18 Å². The molecule has 0 saturated heterocycles. The third kappa shape index (κ3) is 5.35. The van der Waals surface area contributed by atoms with Crippen molar-refractivity contribution in [3.63, 3.8) is 0 Å². The molecule has 0 aliphatic heterocycles. The molecular formula is C11H9Cl2F3INO. The number of benzene rings is 1. The summed E-state index contributed by atoms with van der Waals surface area (Å²) < 4.78 is 37.8. The van der Waals surface area contributed by atoms with Crippen LogP contribution in [0.4, 0.5) is 13.2 Å². The molecule has 0 unspecified atom stereocenters. The summed E-state index contributed by atoms with van der Waals surface area (Å²) in [6, 6.07) is 4.49. The van der Waals surface area contributed by atoms with Gasteiger partial charge in [0, 0.05) is 21.0 Å². The SMILES string of the molecule is O=C(c1cc(Cl)ccc1I)N(CCCl)CC(F)(F)F. The summed E-state index contributed by atoms with van der Waals surface area (Å²) in [4.78, 5) is 12.8. The Hall–Kier alpha value is -0.210. The third-order valence-corrected chi connectivity index (χ3v) is 3.52. The highest BCUT2D eigenvalue weighted by atomic mass is 127. The van der Waals surface area contributed by atoms with Gasteiger partial charge in [-0.3, -0.25) is 4.79 Å². The Bertz CT molecular complexity index is 468. The number of carbonyl (C=O) groups excluding carboxylic acids is 1. The molecule has 0 aliphatic carbocycles. The topological polar surface area (TPSA) is 20.3 Å². The number of hydrogen-bond acceptors (Lipinski definition) is 1. The van der Waals surface area contributed by atoms with Gasteiger partial charge in [0.15, 0.2) is 0 Å². The van der Waals surface area contributed by atoms with Crippen LogP contribution in [0.5, 0.6) is 0 Å². The summed E-state index contributed by atoms with van der Waals surface area (Å²) in [5.41, 5.74) is 0.141. The smallest absolute Gasteiger partial charge is 0.328 e. The molecule has 19 heavy (non-hydrogen) atoms. The fourth-order valence-corrected chi connectivity index (χ4v) is 2.34. The molecule has 0 heterocycles. The predicted octanol–water partition coefficient (Wildman–Crippen LogP) is 4.19. The summed E-state index contributed by atoms with van der Waals surface area (Å²) in [5, 5.41) is 0.293. The van der Waals surface area contributed by atoms with Crippen molar-refractivity contribution in [1.29, 1.82) is 0 Å². The Morgan fingerprint density at radius 1 is 1.37 bits per heavy atom. The van der Waals surface area contributed by atoms with E-state index in [2.05, 4.69) is 0 Å². The van der Waals surface area contributed by atoms with Gasteiger partial charge in [-0.1, -0.05) is 11.6 Å². The van der Waals surface area contributed by atoms with Gasteiger partial charge in [0.2, 0.25) is 0 Å². The molecule has 0 fully saturated rings. The van der Waals surface area contributed by atoms with E-state index in [1.54, 1.807) is 12.1 Å². The lowest BCUT2D eigenvalue weighted by Gasteiger charge is -2.23. The maximum Gasteiger partial charge on any atom is 0.406 e. The number of nitrogens with zero attached hydrogens (tertiary/aromatic N) is 1. The molecule has 1 rings (SSSR count). The van der Waals surface area contributed by atoms with Gasteiger partial charge in [0.25, 0.3) is 5.91 Å². The Morgan fingerprint density at radius 3 is 2.53 bits per heavy atom. The lowest BCUT2D eigenvalue weighted by atomic mass is 10.2. The first-order valence-electron chi connectivity index (χ1n) is 5.11. The van der Waals surface area contributed by atoms with Gasteiger partial charge in [0.1, 0.15) is 6.54 Å². The molecule has 0 atom stereocenters. The fraction of sp³-hybridized carbons (Fsp3) is 0.364. The predicted molar refractivity (Wildman–Crippen MR) is 76.8 cm³/mol. The van der Waals surface area contributed by atoms with Gasteiger partial charge in [-0.2, -0.15) is 13.2 Å². The van der Waals surface area contributed by atoms with E-state index < -0.39 is 18.6 Å². The van der Waals surface area contributed by atoms with Crippen LogP contribution >= 0.6 is 45.8 Å². The normalized spacial score (nSPS) is 11.5. The molecule has 0 radical (unpaired) electrons. The first-order valence-corrected chi connectivity index (χ1v) is 7.11. The Labute approximate surface area is 132 Å². The van der Waals surface area contributed by atoms with Crippen LogP contribution in [0.1, 0.15) is 10.4 Å². The van der Waals surface area contributed by atoms with Crippen LogP contribution in [-0.4, -0.2) is 36.0 Å². The van der Waals surface area contributed by atoms with Crippen LogP contribution in [0.25, 0.3) is 0 Å². The second-order valence-electron chi connectivity index (χ2n) is 3.66. The molecule has 0 aliphatic rings. The first kappa shape index (κ1) is 16.8. The van der Waals surface area contributed by atoms with Gasteiger partial charge < -0.3 is 4.90 Å². The Balaban J connectivity index is 3.02. The Kier molecular flexibility index (Phi) is 6.19. The van der Waals surface area contributed by atoms with E-state index in [1.165, 1.54) is 6.07 Å². The highest BCUT2D eigenvalue weighted by Crippen LogP contribution is 2.22. The van der Waals surface area contributed by atoms with Crippen molar-refractivity contribution in [1.82, 2.24) is 4.90 Å². The van der Waals surface area contributed by atoms with Gasteiger partial charge in [-0.25, -0.2) is 0 Å². The zero-order valence-electron chi connectivity index (χ0n) is 9.48. The number of carbonyl (C=O) groups is 1. The lowest BCUT2D eigenvalue weighted by Crippen LogP contribution is -2.40. The highest BCUT2D eigenvalue weighted by molar-refractivity contribution is 14.1. The summed E-state index contributed by atoms with van der Waals surface area (Å²) >= 11 is 13.1. The minimum Gasteiger partial charge on any atom is -0.328 e. The number of halogens is 6. The molecule has 8 heteroatoms. The van der Waals surface area contributed by atoms with Crippen LogP contribution in [-0.2, 0) is 0 Å². The molecule has 0 N–H and O–H groups in total. The third-order valence-electron chi connectivity index (χ3n) is 2.17. The van der Waals surface area contributed by atoms with Crippen LogP contribution in [0.15, 0.2) is 18.2 Å². The van der Waals surface area contributed by atoms with Gasteiger partial charge in [0.05, 0.1) is 5.56 Å². The van der Waals surface area contributed by atoms with Crippen molar-refractivity contribution in [2.24, 2.45) is 0 Å². The molecule has 1 aromatic carbocycles. The number of amides is 1. The van der Waals surface area contributed by atoms with Gasteiger partial charge >= 0.3 is 6.18 Å². The first-order chi connectivity index (χ1) is 8.74. The molecule has 106 valence electrons. The van der Waals surface area contributed by atoms with Gasteiger partial charge in [-0.05, 0) is 40.8 Å². The van der Waals surface area contributed by atoms with E-state index in [1.807, 2.05) is 22.6 Å². The molecule has 0 bridgehead atoms. The molecule has 1 amide bonds. The average Bonchev–Trinajstić information content (AvgIpc) is 2.29. The minimum absolute atomic E-state index is 0.0705. The van der Waals surface area contributed by atoms with Gasteiger partial charge in [-0.15, -0.1) is 11.6 Å². The molecular weight excluding hydrogens is 417 g/mol. The molecule has 0 aromatic heterocycles. The quantitative estimate of drug-likeness (QED) is 0.523. The molecule has 2 nitrogen and oxygen atoms in total. The maximum absolute atomic E-state index is 12.4. The summed E-state index contributed by atoms with van der Waals surface area (Å²) in [6.07, 6.45) is -4.47. The van der Waals surface area contributed by atoms with E-state index >= 15 is 0 Å². The molecule has 1 aromatic rings. The number of alkyl halides is 4. The van der Waals surface area contributed by atoms with E-state index in [0.717, 1.165) is 0 Å². The van der Waals surface area contributed by atoms with Crippen LogP contribution in [0.3, 0.4) is 0 Å². The van der Waals surface area contributed by atoms with Crippen LogP contribution in [0, 0.1) is 3.57 Å². The maximum atomic E-state index is 12.4. The zero-order chi connectivity index (χ0) is 14.6. The van der Waals surface area contributed by atoms with E-state index in [9.17, 15) is 18.0 Å². The van der Waals surface area contributed by atoms with Crippen molar-refractivity contribution in [2.75, 3.05) is 19.0 Å². The van der Waals surface area contributed by atoms with Crippen LogP contribution < -0.4 is 0 Å². The van der Waals surface area contributed by atoms with Crippen molar-refractivity contribution in [3.05, 3.63) is 32.4 Å². The second kappa shape index (κ2) is 6.99. The number of rotatable bonds is 4. The van der Waals surface area contributed by atoms with E-state index in [4.69, 9.17) is 23.2 Å². The fourth-order valence-electron chi connectivity index (χ4n) is 1.40. The van der Waals surface area contributed by atoms with Crippen molar-refractivity contribution in [3.8, 4) is 0 Å². The zero-order valence-corrected chi connectivity index (χ0v) is 13.1. The minimum atomic E-state index is -4.47. The largest absolute Gasteiger partial charge is 0.406 e. The van der Waals surface area contributed by atoms with E-state index in [-0.39, 0.29) is 18.0 Å². The average molecular weight is 426 g/mol. The standard InChI is InChI=1S/C11H9Cl2F3INO/c12-3-4-18(6-11(14,15)16)10(19)8-5-7(13)1-2-9(8)17/h1-2,5H,3-4,6H2. The van der Waals surface area contributed by atoms with Crippen molar-refractivity contribution >= 4 is 51.7 Å². The van der Waals surface area contributed by atoms with Crippen LogP contribution in [0.2, 0.25) is 5.02 Å². The summed E-state index contributed by atoms with van der Waals surface area (Å²) in [5.74, 6) is -0.802. The Morgan fingerprint density at radius 2 is 2.00 bits per heavy atom. The number of hydrogen-bond donors (Lipinski definition) is 0. The lowest BCUT2D eigenvalue weighted by molar-refractivity contribution is -0.140. The summed E-state index contributed by atoms with van der Waals surface area (Å²) in [6.45, 7) is -1.51.